The second-order valence-corrected chi connectivity index (χ2v) is 4.66. The van der Waals surface area contributed by atoms with E-state index in [1.165, 1.54) is 19.3 Å². The first-order chi connectivity index (χ1) is 7.18. The molecule has 1 aromatic rings. The highest BCUT2D eigenvalue weighted by Crippen LogP contribution is 2.32. The van der Waals surface area contributed by atoms with E-state index in [0.717, 1.165) is 22.9 Å². The third-order valence-corrected chi connectivity index (χ3v) is 3.39. The normalized spacial score (nSPS) is 21.7. The van der Waals surface area contributed by atoms with Crippen LogP contribution in [-0.4, -0.2) is 12.6 Å². The molecule has 1 fully saturated rings. The molecule has 0 aliphatic carbocycles. The van der Waals surface area contributed by atoms with Gasteiger partial charge in [-0.3, -0.25) is 0 Å². The van der Waals surface area contributed by atoms with E-state index in [1.54, 1.807) is 0 Å². The second kappa shape index (κ2) is 4.31. The predicted molar refractivity (Wildman–Crippen MR) is 66.5 cm³/mol. The van der Waals surface area contributed by atoms with E-state index >= 15 is 0 Å². The monoisotopic (exact) mass is 224 g/mol. The molecule has 1 heterocycles. The summed E-state index contributed by atoms with van der Waals surface area (Å²) in [5.41, 5.74) is 7.54. The molecule has 0 amide bonds. The van der Waals surface area contributed by atoms with Crippen molar-refractivity contribution in [1.82, 2.24) is 0 Å². The van der Waals surface area contributed by atoms with Crippen molar-refractivity contribution in [2.24, 2.45) is 0 Å². The smallest absolute Gasteiger partial charge is 0.0660 e. The van der Waals surface area contributed by atoms with Crippen molar-refractivity contribution in [3.63, 3.8) is 0 Å². The Labute approximate surface area is 96.0 Å². The van der Waals surface area contributed by atoms with E-state index in [0.29, 0.717) is 6.04 Å². The Morgan fingerprint density at radius 2 is 2.20 bits per heavy atom. The molecule has 2 nitrogen and oxygen atoms in total. The first-order valence-electron chi connectivity index (χ1n) is 5.50. The maximum Gasteiger partial charge on any atom is 0.0660 e. The fourth-order valence-corrected chi connectivity index (χ4v) is 2.51. The van der Waals surface area contributed by atoms with Gasteiger partial charge in [0.15, 0.2) is 0 Å². The van der Waals surface area contributed by atoms with Crippen LogP contribution in [0.4, 0.5) is 11.4 Å². The summed E-state index contributed by atoms with van der Waals surface area (Å²) in [6.07, 6.45) is 3.83. The summed E-state index contributed by atoms with van der Waals surface area (Å²) in [5, 5.41) is 0.767. The highest BCUT2D eigenvalue weighted by Gasteiger charge is 2.20. The molecule has 1 saturated heterocycles. The summed E-state index contributed by atoms with van der Waals surface area (Å²) < 4.78 is 0. The number of nitrogen functional groups attached to an aromatic ring is 1. The van der Waals surface area contributed by atoms with Crippen molar-refractivity contribution in [2.75, 3.05) is 17.2 Å². The molecule has 1 aliphatic heterocycles. The summed E-state index contributed by atoms with van der Waals surface area (Å²) in [6, 6.07) is 6.36. The molecule has 2 N–H and O–H groups in total. The van der Waals surface area contributed by atoms with E-state index in [-0.39, 0.29) is 0 Å². The second-order valence-electron chi connectivity index (χ2n) is 4.25. The number of halogens is 1. The molecule has 0 bridgehead atoms. The lowest BCUT2D eigenvalue weighted by Crippen LogP contribution is -2.37. The van der Waals surface area contributed by atoms with E-state index < -0.39 is 0 Å². The largest absolute Gasteiger partial charge is 0.399 e. The third kappa shape index (κ3) is 2.20. The van der Waals surface area contributed by atoms with Crippen LogP contribution < -0.4 is 10.6 Å². The average Bonchev–Trinajstić information content (AvgIpc) is 2.20. The van der Waals surface area contributed by atoms with Gasteiger partial charge in [0, 0.05) is 18.3 Å². The zero-order valence-corrected chi connectivity index (χ0v) is 9.80. The minimum Gasteiger partial charge on any atom is -0.399 e. The van der Waals surface area contributed by atoms with Gasteiger partial charge in [-0.1, -0.05) is 11.6 Å². The summed E-state index contributed by atoms with van der Waals surface area (Å²) in [6.45, 7) is 3.36. The predicted octanol–water partition coefficient (Wildman–Crippen LogP) is 3.30. The van der Waals surface area contributed by atoms with Gasteiger partial charge in [0.25, 0.3) is 0 Å². The van der Waals surface area contributed by atoms with Crippen LogP contribution in [0.3, 0.4) is 0 Å². The third-order valence-electron chi connectivity index (χ3n) is 3.08. The number of nitrogens with two attached hydrogens (primary N) is 1. The summed E-state index contributed by atoms with van der Waals surface area (Å²) >= 11 is 6.21. The van der Waals surface area contributed by atoms with Crippen LogP contribution in [-0.2, 0) is 0 Å². The van der Waals surface area contributed by atoms with Crippen molar-refractivity contribution in [3.8, 4) is 0 Å². The minimum atomic E-state index is 0.583. The number of hydrogen-bond donors (Lipinski definition) is 1. The van der Waals surface area contributed by atoms with Gasteiger partial charge in [0.1, 0.15) is 0 Å². The van der Waals surface area contributed by atoms with Gasteiger partial charge in [-0.2, -0.15) is 0 Å². The Morgan fingerprint density at radius 1 is 1.40 bits per heavy atom. The molecule has 0 unspecified atom stereocenters. The topological polar surface area (TPSA) is 29.3 Å². The van der Waals surface area contributed by atoms with Crippen LogP contribution in [0.15, 0.2) is 18.2 Å². The number of benzene rings is 1. The molecule has 0 saturated carbocycles. The van der Waals surface area contributed by atoms with Crippen LogP contribution in [0.5, 0.6) is 0 Å². The summed E-state index contributed by atoms with van der Waals surface area (Å²) in [7, 11) is 0. The number of nitrogens with zero attached hydrogens (tertiary/aromatic N) is 1. The highest BCUT2D eigenvalue weighted by atomic mass is 35.5. The maximum absolute atomic E-state index is 6.21. The van der Waals surface area contributed by atoms with Crippen LogP contribution in [0, 0.1) is 0 Å². The zero-order chi connectivity index (χ0) is 10.8. The van der Waals surface area contributed by atoms with Crippen molar-refractivity contribution in [2.45, 2.75) is 32.2 Å². The van der Waals surface area contributed by atoms with Crippen LogP contribution in [0.2, 0.25) is 5.02 Å². The molecule has 82 valence electrons. The number of rotatable bonds is 1. The van der Waals surface area contributed by atoms with E-state index in [2.05, 4.69) is 11.8 Å². The number of piperidine rings is 1. The van der Waals surface area contributed by atoms with Crippen LogP contribution >= 0.6 is 11.6 Å². The molecule has 15 heavy (non-hydrogen) atoms. The lowest BCUT2D eigenvalue weighted by atomic mass is 10.0. The Bertz CT molecular complexity index is 351. The molecular formula is C12H17ClN2. The van der Waals surface area contributed by atoms with E-state index in [1.807, 2.05) is 18.2 Å². The molecule has 0 spiro atoms. The van der Waals surface area contributed by atoms with Gasteiger partial charge in [0.2, 0.25) is 0 Å². The lowest BCUT2D eigenvalue weighted by Gasteiger charge is -2.36. The van der Waals surface area contributed by atoms with Gasteiger partial charge < -0.3 is 10.6 Å². The Morgan fingerprint density at radius 3 is 2.87 bits per heavy atom. The SMILES string of the molecule is C[C@H]1CCCCN1c1ccc(N)cc1Cl. The molecule has 1 atom stereocenters. The van der Waals surface area contributed by atoms with Gasteiger partial charge in [-0.05, 0) is 44.4 Å². The first kappa shape index (κ1) is 10.6. The summed E-state index contributed by atoms with van der Waals surface area (Å²) in [4.78, 5) is 2.38. The lowest BCUT2D eigenvalue weighted by molar-refractivity contribution is 0.485. The highest BCUT2D eigenvalue weighted by molar-refractivity contribution is 6.33. The molecular weight excluding hydrogens is 208 g/mol. The molecule has 3 heteroatoms. The molecule has 0 radical (unpaired) electrons. The van der Waals surface area contributed by atoms with E-state index in [9.17, 15) is 0 Å². The standard InChI is InChI=1S/C12H17ClN2/c1-9-4-2-3-7-15(9)12-6-5-10(14)8-11(12)13/h5-6,8-9H,2-4,7,14H2,1H3/t9-/m0/s1. The fourth-order valence-electron chi connectivity index (χ4n) is 2.21. The maximum atomic E-state index is 6.21. The molecule has 2 rings (SSSR count). The molecule has 1 aliphatic rings. The Hall–Kier alpha value is -0.890. The average molecular weight is 225 g/mol. The zero-order valence-electron chi connectivity index (χ0n) is 9.04. The Balaban J connectivity index is 2.27. The van der Waals surface area contributed by atoms with Gasteiger partial charge in [-0.15, -0.1) is 0 Å². The summed E-state index contributed by atoms with van der Waals surface area (Å²) in [5.74, 6) is 0. The molecule has 1 aromatic carbocycles. The van der Waals surface area contributed by atoms with Crippen LogP contribution in [0.1, 0.15) is 26.2 Å². The fraction of sp³-hybridized carbons (Fsp3) is 0.500. The van der Waals surface area contributed by atoms with Crippen molar-refractivity contribution < 1.29 is 0 Å². The van der Waals surface area contributed by atoms with E-state index in [4.69, 9.17) is 17.3 Å². The number of anilines is 2. The Kier molecular flexibility index (Phi) is 3.06. The minimum absolute atomic E-state index is 0.583. The number of hydrogen-bond acceptors (Lipinski definition) is 2. The van der Waals surface area contributed by atoms with Crippen molar-refractivity contribution in [3.05, 3.63) is 23.2 Å². The van der Waals surface area contributed by atoms with Gasteiger partial charge in [-0.25, -0.2) is 0 Å². The van der Waals surface area contributed by atoms with Crippen LogP contribution in [0.25, 0.3) is 0 Å². The van der Waals surface area contributed by atoms with Gasteiger partial charge in [0.05, 0.1) is 10.7 Å². The van der Waals surface area contributed by atoms with Crippen molar-refractivity contribution in [1.29, 1.82) is 0 Å². The quantitative estimate of drug-likeness (QED) is 0.742. The first-order valence-corrected chi connectivity index (χ1v) is 5.88. The molecule has 0 aromatic heterocycles. The van der Waals surface area contributed by atoms with Crippen molar-refractivity contribution >= 4 is 23.0 Å². The van der Waals surface area contributed by atoms with Gasteiger partial charge >= 0.3 is 0 Å².